The second-order valence-corrected chi connectivity index (χ2v) is 5.13. The topological polar surface area (TPSA) is 64.3 Å². The summed E-state index contributed by atoms with van der Waals surface area (Å²) in [5, 5.41) is 17.5. The molecule has 106 valence electrons. The number of carbonyl (C=O) groups is 1. The van der Waals surface area contributed by atoms with Crippen LogP contribution in [0.3, 0.4) is 0 Å². The van der Waals surface area contributed by atoms with Crippen LogP contribution in [-0.4, -0.2) is 28.0 Å². The summed E-state index contributed by atoms with van der Waals surface area (Å²) in [6.07, 6.45) is 0. The van der Waals surface area contributed by atoms with Crippen molar-refractivity contribution < 1.29 is 14.6 Å². The number of methoxy groups -OCH3 is 1. The molecule has 5 nitrogen and oxygen atoms in total. The molecule has 3 rings (SSSR count). The SMILES string of the molecule is COc1cccc(-c2cc(C(=O)O)n(-c3ccsc3)n2)c1. The van der Waals surface area contributed by atoms with E-state index in [2.05, 4.69) is 5.10 Å². The summed E-state index contributed by atoms with van der Waals surface area (Å²) in [6, 6.07) is 10.8. The Hall–Kier alpha value is -2.60. The van der Waals surface area contributed by atoms with Crippen LogP contribution in [0.4, 0.5) is 0 Å². The highest BCUT2D eigenvalue weighted by atomic mass is 32.1. The molecule has 1 N–H and O–H groups in total. The lowest BCUT2D eigenvalue weighted by Crippen LogP contribution is -2.06. The predicted molar refractivity (Wildman–Crippen MR) is 80.4 cm³/mol. The maximum absolute atomic E-state index is 11.4. The fraction of sp³-hybridized carbons (Fsp3) is 0.0667. The first-order chi connectivity index (χ1) is 10.2. The maximum Gasteiger partial charge on any atom is 0.354 e. The van der Waals surface area contributed by atoms with E-state index in [9.17, 15) is 9.90 Å². The Morgan fingerprint density at radius 1 is 1.33 bits per heavy atom. The minimum Gasteiger partial charge on any atom is -0.497 e. The first-order valence-corrected chi connectivity index (χ1v) is 7.13. The first-order valence-electron chi connectivity index (χ1n) is 6.19. The van der Waals surface area contributed by atoms with E-state index < -0.39 is 5.97 Å². The Morgan fingerprint density at radius 3 is 2.86 bits per heavy atom. The molecule has 2 aromatic heterocycles. The van der Waals surface area contributed by atoms with Crippen molar-refractivity contribution in [3.05, 3.63) is 52.9 Å². The average molecular weight is 300 g/mol. The van der Waals surface area contributed by atoms with Gasteiger partial charge in [0.2, 0.25) is 0 Å². The van der Waals surface area contributed by atoms with Gasteiger partial charge in [-0.15, -0.1) is 0 Å². The molecule has 0 aliphatic heterocycles. The molecule has 21 heavy (non-hydrogen) atoms. The van der Waals surface area contributed by atoms with Gasteiger partial charge in [-0.25, -0.2) is 9.48 Å². The summed E-state index contributed by atoms with van der Waals surface area (Å²) in [5.74, 6) is -0.308. The Kier molecular flexibility index (Phi) is 3.45. The Labute approximate surface area is 125 Å². The summed E-state index contributed by atoms with van der Waals surface area (Å²) < 4.78 is 6.62. The van der Waals surface area contributed by atoms with E-state index in [-0.39, 0.29) is 5.69 Å². The monoisotopic (exact) mass is 300 g/mol. The molecule has 0 spiro atoms. The lowest BCUT2D eigenvalue weighted by Gasteiger charge is -2.02. The minimum absolute atomic E-state index is 0.131. The van der Waals surface area contributed by atoms with E-state index in [0.29, 0.717) is 11.4 Å². The fourth-order valence-corrected chi connectivity index (χ4v) is 2.65. The quantitative estimate of drug-likeness (QED) is 0.803. The van der Waals surface area contributed by atoms with Crippen LogP contribution in [0.2, 0.25) is 0 Å². The standard InChI is InChI=1S/C15H12N2O3S/c1-20-12-4-2-3-10(7-12)13-8-14(15(18)19)17(16-13)11-5-6-21-9-11/h2-9H,1H3,(H,18,19). The number of aromatic carboxylic acids is 1. The summed E-state index contributed by atoms with van der Waals surface area (Å²) in [5.41, 5.74) is 2.28. The number of nitrogens with zero attached hydrogens (tertiary/aromatic N) is 2. The van der Waals surface area contributed by atoms with E-state index in [0.717, 1.165) is 11.3 Å². The van der Waals surface area contributed by atoms with Crippen LogP contribution in [-0.2, 0) is 0 Å². The molecule has 0 aliphatic rings. The number of ether oxygens (including phenoxy) is 1. The van der Waals surface area contributed by atoms with Crippen LogP contribution in [0, 0.1) is 0 Å². The van der Waals surface area contributed by atoms with Gasteiger partial charge in [-0.3, -0.25) is 0 Å². The molecule has 0 fully saturated rings. The largest absolute Gasteiger partial charge is 0.497 e. The third-order valence-electron chi connectivity index (χ3n) is 3.04. The van der Waals surface area contributed by atoms with Crippen LogP contribution in [0.1, 0.15) is 10.5 Å². The van der Waals surface area contributed by atoms with Crippen LogP contribution in [0.5, 0.6) is 5.75 Å². The molecule has 0 amide bonds. The molecule has 0 radical (unpaired) electrons. The molecular formula is C15H12N2O3S. The zero-order valence-corrected chi connectivity index (χ0v) is 12.0. The molecule has 2 heterocycles. The zero-order chi connectivity index (χ0) is 14.8. The summed E-state index contributed by atoms with van der Waals surface area (Å²) in [4.78, 5) is 11.4. The Balaban J connectivity index is 2.12. The number of carboxylic acid groups (broad SMARTS) is 1. The van der Waals surface area contributed by atoms with Gasteiger partial charge in [-0.05, 0) is 29.6 Å². The van der Waals surface area contributed by atoms with E-state index in [1.807, 2.05) is 41.1 Å². The summed E-state index contributed by atoms with van der Waals surface area (Å²) in [6.45, 7) is 0. The molecular weight excluding hydrogens is 288 g/mol. The predicted octanol–water partition coefficient (Wildman–Crippen LogP) is 3.31. The molecule has 1 aromatic carbocycles. The second kappa shape index (κ2) is 5.41. The third kappa shape index (κ3) is 2.53. The van der Waals surface area contributed by atoms with E-state index in [4.69, 9.17) is 4.74 Å². The van der Waals surface area contributed by atoms with Crippen molar-refractivity contribution in [2.75, 3.05) is 7.11 Å². The van der Waals surface area contributed by atoms with Gasteiger partial charge in [0.05, 0.1) is 18.5 Å². The highest BCUT2D eigenvalue weighted by molar-refractivity contribution is 7.08. The van der Waals surface area contributed by atoms with Crippen molar-refractivity contribution in [2.45, 2.75) is 0 Å². The van der Waals surface area contributed by atoms with Gasteiger partial charge in [0.1, 0.15) is 5.75 Å². The number of thiophene rings is 1. The molecule has 0 saturated carbocycles. The molecule has 0 aliphatic carbocycles. The van der Waals surface area contributed by atoms with Crippen molar-refractivity contribution in [1.82, 2.24) is 9.78 Å². The van der Waals surface area contributed by atoms with Crippen molar-refractivity contribution in [3.63, 3.8) is 0 Å². The molecule has 0 unspecified atom stereocenters. The van der Waals surface area contributed by atoms with Crippen molar-refractivity contribution in [1.29, 1.82) is 0 Å². The minimum atomic E-state index is -1.01. The van der Waals surface area contributed by atoms with Gasteiger partial charge in [0.25, 0.3) is 0 Å². The van der Waals surface area contributed by atoms with Gasteiger partial charge < -0.3 is 9.84 Å². The molecule has 3 aromatic rings. The van der Waals surface area contributed by atoms with Crippen molar-refractivity contribution >= 4 is 17.3 Å². The highest BCUT2D eigenvalue weighted by Gasteiger charge is 2.17. The smallest absolute Gasteiger partial charge is 0.354 e. The Morgan fingerprint density at radius 2 is 2.19 bits per heavy atom. The summed E-state index contributed by atoms with van der Waals surface area (Å²) >= 11 is 1.49. The average Bonchev–Trinajstić information content (AvgIpc) is 3.16. The highest BCUT2D eigenvalue weighted by Crippen LogP contribution is 2.25. The van der Waals surface area contributed by atoms with Gasteiger partial charge in [0.15, 0.2) is 5.69 Å². The van der Waals surface area contributed by atoms with Crippen LogP contribution in [0.25, 0.3) is 16.9 Å². The van der Waals surface area contributed by atoms with Gasteiger partial charge >= 0.3 is 5.97 Å². The lowest BCUT2D eigenvalue weighted by atomic mass is 10.1. The van der Waals surface area contributed by atoms with Gasteiger partial charge in [0, 0.05) is 10.9 Å². The zero-order valence-electron chi connectivity index (χ0n) is 11.2. The lowest BCUT2D eigenvalue weighted by molar-refractivity contribution is 0.0687. The van der Waals surface area contributed by atoms with Crippen molar-refractivity contribution in [2.24, 2.45) is 0 Å². The second-order valence-electron chi connectivity index (χ2n) is 4.35. The normalized spacial score (nSPS) is 10.5. The van der Waals surface area contributed by atoms with Crippen LogP contribution < -0.4 is 4.74 Å². The summed E-state index contributed by atoms with van der Waals surface area (Å²) in [7, 11) is 1.59. The number of rotatable bonds is 4. The molecule has 0 bridgehead atoms. The maximum atomic E-state index is 11.4. The number of hydrogen-bond acceptors (Lipinski definition) is 4. The number of carboxylic acids is 1. The van der Waals surface area contributed by atoms with Gasteiger partial charge in [-0.2, -0.15) is 16.4 Å². The third-order valence-corrected chi connectivity index (χ3v) is 3.72. The molecule has 0 saturated heterocycles. The van der Waals surface area contributed by atoms with Crippen molar-refractivity contribution in [3.8, 4) is 22.7 Å². The fourth-order valence-electron chi connectivity index (χ4n) is 2.03. The number of hydrogen-bond donors (Lipinski definition) is 1. The first kappa shape index (κ1) is 13.4. The van der Waals surface area contributed by atoms with E-state index >= 15 is 0 Å². The molecule has 6 heteroatoms. The number of benzene rings is 1. The van der Waals surface area contributed by atoms with Gasteiger partial charge in [-0.1, -0.05) is 12.1 Å². The Bertz CT molecular complexity index is 778. The van der Waals surface area contributed by atoms with E-state index in [1.165, 1.54) is 16.0 Å². The van der Waals surface area contributed by atoms with Crippen LogP contribution in [0.15, 0.2) is 47.2 Å². The number of aromatic nitrogens is 2. The molecule has 0 atom stereocenters. The van der Waals surface area contributed by atoms with E-state index in [1.54, 1.807) is 13.2 Å². The van der Waals surface area contributed by atoms with Crippen LogP contribution >= 0.6 is 11.3 Å².